The molecule has 2 N–H and O–H groups in total. The Kier molecular flexibility index (Phi) is 2.69. The monoisotopic (exact) mass is 317 g/mol. The van der Waals surface area contributed by atoms with Crippen LogP contribution in [0, 0.1) is 0 Å². The molecule has 1 fully saturated rings. The van der Waals surface area contributed by atoms with Crippen LogP contribution >= 0.6 is 0 Å². The normalized spacial score (nSPS) is 36.0. The van der Waals surface area contributed by atoms with E-state index in [0.717, 1.165) is 34.7 Å². The van der Waals surface area contributed by atoms with Gasteiger partial charge in [0, 0.05) is 6.54 Å². The molecule has 0 bridgehead atoms. The summed E-state index contributed by atoms with van der Waals surface area (Å²) >= 11 is 0. The number of hydrogen-bond acceptors (Lipinski definition) is 6. The van der Waals surface area contributed by atoms with E-state index in [1.165, 1.54) is 0 Å². The minimum absolute atomic E-state index is 0.00181. The van der Waals surface area contributed by atoms with Crippen molar-refractivity contribution < 1.29 is 24.1 Å². The lowest BCUT2D eigenvalue weighted by Crippen LogP contribution is -2.53. The zero-order chi connectivity index (χ0) is 15.8. The highest BCUT2D eigenvalue weighted by molar-refractivity contribution is 5.78. The van der Waals surface area contributed by atoms with Gasteiger partial charge in [0.05, 0.1) is 6.04 Å². The predicted octanol–water partition coefficient (Wildman–Crippen LogP) is 1.17. The van der Waals surface area contributed by atoms with E-state index in [1.54, 1.807) is 0 Å². The molecule has 5 rings (SSSR count). The Balaban J connectivity index is 1.60. The van der Waals surface area contributed by atoms with Crippen LogP contribution in [-0.2, 0) is 16.0 Å². The summed E-state index contributed by atoms with van der Waals surface area (Å²) in [6.07, 6.45) is 0.635. The van der Waals surface area contributed by atoms with Crippen LogP contribution in [0.4, 0.5) is 0 Å². The lowest BCUT2D eigenvalue weighted by Gasteiger charge is -2.39. The minimum Gasteiger partial charge on any atom is -0.454 e. The SMILES string of the molecule is CC1(C)O[C@@H]2[C@H](O1)[C@@H](O)C=C1c3cc4c(cc3CN[C@H]12)OCO4. The Morgan fingerprint density at radius 3 is 2.70 bits per heavy atom. The summed E-state index contributed by atoms with van der Waals surface area (Å²) in [5.41, 5.74) is 3.27. The van der Waals surface area contributed by atoms with E-state index in [0.29, 0.717) is 0 Å². The molecule has 3 aliphatic heterocycles. The second-order valence-electron chi connectivity index (χ2n) is 6.90. The van der Waals surface area contributed by atoms with Gasteiger partial charge < -0.3 is 29.4 Å². The molecule has 6 nitrogen and oxygen atoms in total. The van der Waals surface area contributed by atoms with Crippen molar-refractivity contribution in [3.05, 3.63) is 29.3 Å². The lowest BCUT2D eigenvalue weighted by atomic mass is 9.80. The lowest BCUT2D eigenvalue weighted by molar-refractivity contribution is -0.152. The fourth-order valence-electron chi connectivity index (χ4n) is 4.00. The molecule has 4 atom stereocenters. The molecule has 0 aromatic heterocycles. The van der Waals surface area contributed by atoms with Crippen molar-refractivity contribution in [2.24, 2.45) is 0 Å². The Labute approximate surface area is 134 Å². The molecule has 0 radical (unpaired) electrons. The third kappa shape index (κ3) is 1.96. The second kappa shape index (κ2) is 4.48. The van der Waals surface area contributed by atoms with E-state index < -0.39 is 11.9 Å². The van der Waals surface area contributed by atoms with Gasteiger partial charge in [-0.05, 0) is 48.8 Å². The smallest absolute Gasteiger partial charge is 0.231 e. The van der Waals surface area contributed by atoms with Gasteiger partial charge in [-0.3, -0.25) is 0 Å². The zero-order valence-electron chi connectivity index (χ0n) is 13.0. The molecule has 0 spiro atoms. The molecule has 1 saturated heterocycles. The van der Waals surface area contributed by atoms with Gasteiger partial charge in [0.25, 0.3) is 0 Å². The first-order valence-corrected chi connectivity index (χ1v) is 7.93. The Morgan fingerprint density at radius 2 is 1.87 bits per heavy atom. The average Bonchev–Trinajstić information content (AvgIpc) is 3.08. The first kappa shape index (κ1) is 13.8. The molecule has 1 aromatic rings. The van der Waals surface area contributed by atoms with Crippen LogP contribution in [0.3, 0.4) is 0 Å². The standard InChI is InChI=1S/C17H19NO5/c1-17(2)22-15-11(19)4-10-9-5-13-12(20-7-21-13)3-8(9)6-18-14(10)16(15)23-17/h3-5,11,14-16,18-19H,6-7H2,1-2H3/t11-,14+,15+,16-/m0/s1. The van der Waals surface area contributed by atoms with Gasteiger partial charge in [-0.2, -0.15) is 0 Å². The number of aliphatic hydroxyl groups excluding tert-OH is 1. The van der Waals surface area contributed by atoms with E-state index in [-0.39, 0.29) is 25.0 Å². The molecule has 122 valence electrons. The van der Waals surface area contributed by atoms with Crippen molar-refractivity contribution in [2.75, 3.05) is 6.79 Å². The quantitative estimate of drug-likeness (QED) is 0.748. The highest BCUT2D eigenvalue weighted by Gasteiger charge is 2.52. The average molecular weight is 317 g/mol. The van der Waals surface area contributed by atoms with E-state index in [1.807, 2.05) is 32.1 Å². The van der Waals surface area contributed by atoms with Crippen LogP contribution in [0.5, 0.6) is 11.5 Å². The summed E-state index contributed by atoms with van der Waals surface area (Å²) in [6.45, 7) is 4.74. The van der Waals surface area contributed by atoms with Crippen LogP contribution in [0.2, 0.25) is 0 Å². The second-order valence-corrected chi connectivity index (χ2v) is 6.90. The number of rotatable bonds is 0. The maximum absolute atomic E-state index is 10.5. The molecule has 1 aromatic carbocycles. The van der Waals surface area contributed by atoms with E-state index in [2.05, 4.69) is 5.32 Å². The summed E-state index contributed by atoms with van der Waals surface area (Å²) in [5, 5.41) is 14.0. The fourth-order valence-corrected chi connectivity index (χ4v) is 4.00. The third-order valence-corrected chi connectivity index (χ3v) is 4.94. The number of fused-ring (bicyclic) bond motifs is 6. The first-order valence-electron chi connectivity index (χ1n) is 7.93. The van der Waals surface area contributed by atoms with Crippen LogP contribution in [0.25, 0.3) is 5.57 Å². The van der Waals surface area contributed by atoms with Crippen molar-refractivity contribution in [1.82, 2.24) is 5.32 Å². The summed E-state index contributed by atoms with van der Waals surface area (Å²) in [4.78, 5) is 0. The molecule has 23 heavy (non-hydrogen) atoms. The van der Waals surface area contributed by atoms with Crippen LogP contribution in [-0.4, -0.2) is 42.0 Å². The van der Waals surface area contributed by atoms with Gasteiger partial charge in [0.2, 0.25) is 6.79 Å². The fraction of sp³-hybridized carbons (Fsp3) is 0.529. The Hall–Kier alpha value is -1.60. The zero-order valence-corrected chi connectivity index (χ0v) is 13.0. The molecular formula is C17H19NO5. The highest BCUT2D eigenvalue weighted by atomic mass is 16.8. The summed E-state index contributed by atoms with van der Waals surface area (Å²) < 4.78 is 22.9. The molecular weight excluding hydrogens is 298 g/mol. The number of benzene rings is 1. The molecule has 1 aliphatic carbocycles. The Bertz CT molecular complexity index is 713. The van der Waals surface area contributed by atoms with Gasteiger partial charge in [-0.25, -0.2) is 0 Å². The van der Waals surface area contributed by atoms with Gasteiger partial charge in [-0.15, -0.1) is 0 Å². The largest absolute Gasteiger partial charge is 0.454 e. The summed E-state index contributed by atoms with van der Waals surface area (Å²) in [7, 11) is 0. The topological polar surface area (TPSA) is 69.2 Å². The van der Waals surface area contributed by atoms with Crippen molar-refractivity contribution in [3.63, 3.8) is 0 Å². The van der Waals surface area contributed by atoms with Crippen LogP contribution < -0.4 is 14.8 Å². The first-order chi connectivity index (χ1) is 11.0. The van der Waals surface area contributed by atoms with Gasteiger partial charge in [0.1, 0.15) is 18.3 Å². The van der Waals surface area contributed by atoms with Crippen LogP contribution in [0.1, 0.15) is 25.0 Å². The van der Waals surface area contributed by atoms with Crippen molar-refractivity contribution >= 4 is 5.57 Å². The van der Waals surface area contributed by atoms with E-state index in [4.69, 9.17) is 18.9 Å². The third-order valence-electron chi connectivity index (χ3n) is 4.94. The summed E-state index contributed by atoms with van der Waals surface area (Å²) in [6, 6.07) is 4.01. The summed E-state index contributed by atoms with van der Waals surface area (Å²) in [5.74, 6) is 0.849. The van der Waals surface area contributed by atoms with Crippen LogP contribution in [0.15, 0.2) is 18.2 Å². The van der Waals surface area contributed by atoms with E-state index in [9.17, 15) is 5.11 Å². The van der Waals surface area contributed by atoms with Gasteiger partial charge in [-0.1, -0.05) is 0 Å². The number of ether oxygens (including phenoxy) is 4. The molecule has 3 heterocycles. The Morgan fingerprint density at radius 1 is 1.13 bits per heavy atom. The molecule has 0 unspecified atom stereocenters. The van der Waals surface area contributed by atoms with Crippen molar-refractivity contribution in [1.29, 1.82) is 0 Å². The van der Waals surface area contributed by atoms with Gasteiger partial charge in [0.15, 0.2) is 17.3 Å². The van der Waals surface area contributed by atoms with Gasteiger partial charge >= 0.3 is 0 Å². The predicted molar refractivity (Wildman–Crippen MR) is 81.0 cm³/mol. The maximum atomic E-state index is 10.5. The minimum atomic E-state index is -0.689. The van der Waals surface area contributed by atoms with Crippen molar-refractivity contribution in [2.45, 2.75) is 50.5 Å². The van der Waals surface area contributed by atoms with E-state index >= 15 is 0 Å². The number of nitrogens with one attached hydrogen (secondary N) is 1. The molecule has 4 aliphatic rings. The number of hydrogen-bond donors (Lipinski definition) is 2. The molecule has 0 saturated carbocycles. The number of aliphatic hydroxyl groups is 1. The maximum Gasteiger partial charge on any atom is 0.231 e. The van der Waals surface area contributed by atoms with Crippen molar-refractivity contribution in [3.8, 4) is 11.5 Å². The molecule has 0 amide bonds. The highest BCUT2D eigenvalue weighted by Crippen LogP contribution is 2.45. The molecule has 6 heteroatoms.